The predicted molar refractivity (Wildman–Crippen MR) is 70.9 cm³/mol. The van der Waals surface area contributed by atoms with Crippen molar-refractivity contribution in [2.75, 3.05) is 5.73 Å². The second-order valence-corrected chi connectivity index (χ2v) is 5.07. The van der Waals surface area contributed by atoms with Gasteiger partial charge in [0.2, 0.25) is 0 Å². The number of hydrogen-bond donors (Lipinski definition) is 1. The predicted octanol–water partition coefficient (Wildman–Crippen LogP) is 2.31. The lowest BCUT2D eigenvalue weighted by molar-refractivity contribution is 0.817. The van der Waals surface area contributed by atoms with E-state index in [9.17, 15) is 0 Å². The largest absolute Gasteiger partial charge is 0.398 e. The van der Waals surface area contributed by atoms with Crippen molar-refractivity contribution in [3.05, 3.63) is 35.4 Å². The van der Waals surface area contributed by atoms with Gasteiger partial charge in [0.1, 0.15) is 11.6 Å². The van der Waals surface area contributed by atoms with Crippen LogP contribution >= 0.6 is 11.8 Å². The number of anilines is 1. The van der Waals surface area contributed by atoms with Crippen LogP contribution in [-0.2, 0) is 12.8 Å². The first-order valence-corrected chi connectivity index (χ1v) is 6.40. The normalized spacial score (nSPS) is 10.8. The molecular formula is C12H16N4S. The molecule has 0 aliphatic heterocycles. The fourth-order valence-electron chi connectivity index (χ4n) is 1.49. The molecule has 5 heteroatoms. The zero-order valence-corrected chi connectivity index (χ0v) is 11.1. The summed E-state index contributed by atoms with van der Waals surface area (Å²) < 4.78 is 2.00. The van der Waals surface area contributed by atoms with Crippen molar-refractivity contribution in [3.8, 4) is 0 Å². The van der Waals surface area contributed by atoms with Crippen LogP contribution in [0, 0.1) is 13.8 Å². The molecule has 2 N–H and O–H groups in total. The smallest absolute Gasteiger partial charge is 0.143 e. The van der Waals surface area contributed by atoms with E-state index in [1.165, 1.54) is 5.56 Å². The fourth-order valence-corrected chi connectivity index (χ4v) is 2.53. The number of nitrogens with zero attached hydrogens (tertiary/aromatic N) is 3. The molecule has 0 saturated carbocycles. The first kappa shape index (κ1) is 12.0. The number of aromatic nitrogens is 3. The Morgan fingerprint density at radius 2 is 2.06 bits per heavy atom. The molecule has 2 aromatic rings. The third kappa shape index (κ3) is 2.61. The van der Waals surface area contributed by atoms with Gasteiger partial charge in [0, 0.05) is 17.6 Å². The van der Waals surface area contributed by atoms with Crippen molar-refractivity contribution < 1.29 is 0 Å². The Morgan fingerprint density at radius 3 is 2.71 bits per heavy atom. The maximum atomic E-state index is 5.93. The minimum absolute atomic E-state index is 0.783. The molecule has 90 valence electrons. The van der Waals surface area contributed by atoms with Gasteiger partial charge in [-0.2, -0.15) is 0 Å². The lowest BCUT2D eigenvalue weighted by atomic mass is 10.2. The van der Waals surface area contributed by atoms with E-state index in [0.29, 0.717) is 0 Å². The van der Waals surface area contributed by atoms with Crippen LogP contribution in [0.5, 0.6) is 0 Å². The second kappa shape index (κ2) is 4.79. The molecule has 0 radical (unpaired) electrons. The van der Waals surface area contributed by atoms with Gasteiger partial charge in [0.05, 0.1) is 5.75 Å². The van der Waals surface area contributed by atoms with E-state index in [2.05, 4.69) is 23.2 Å². The first-order valence-electron chi connectivity index (χ1n) is 5.41. The molecule has 0 bridgehead atoms. The number of hydrogen-bond acceptors (Lipinski definition) is 4. The van der Waals surface area contributed by atoms with E-state index in [1.54, 1.807) is 11.8 Å². The van der Waals surface area contributed by atoms with E-state index >= 15 is 0 Å². The summed E-state index contributed by atoms with van der Waals surface area (Å²) in [5.41, 5.74) is 7.97. The summed E-state index contributed by atoms with van der Waals surface area (Å²) in [6.07, 6.45) is 0. The van der Waals surface area contributed by atoms with Crippen molar-refractivity contribution in [3.63, 3.8) is 0 Å². The Bertz CT molecular complexity index is 533. The third-order valence-electron chi connectivity index (χ3n) is 2.71. The Kier molecular flexibility index (Phi) is 3.38. The summed E-state index contributed by atoms with van der Waals surface area (Å²) >= 11 is 1.69. The van der Waals surface area contributed by atoms with Crippen molar-refractivity contribution in [2.24, 2.45) is 7.05 Å². The van der Waals surface area contributed by atoms with Crippen LogP contribution in [0.3, 0.4) is 0 Å². The van der Waals surface area contributed by atoms with Crippen LogP contribution < -0.4 is 5.73 Å². The highest BCUT2D eigenvalue weighted by Gasteiger charge is 2.07. The minimum atomic E-state index is 0.783. The van der Waals surface area contributed by atoms with E-state index < -0.39 is 0 Å². The Balaban J connectivity index is 2.12. The molecule has 0 aliphatic carbocycles. The summed E-state index contributed by atoms with van der Waals surface area (Å²) in [4.78, 5) is 1.10. The van der Waals surface area contributed by atoms with Crippen LogP contribution in [0.1, 0.15) is 17.2 Å². The summed E-state index contributed by atoms with van der Waals surface area (Å²) in [5, 5.41) is 8.17. The van der Waals surface area contributed by atoms with Gasteiger partial charge >= 0.3 is 0 Å². The molecule has 0 atom stereocenters. The van der Waals surface area contributed by atoms with E-state index in [4.69, 9.17) is 5.73 Å². The van der Waals surface area contributed by atoms with Gasteiger partial charge in [-0.15, -0.1) is 22.0 Å². The first-order chi connectivity index (χ1) is 8.08. The molecule has 0 aliphatic rings. The highest BCUT2D eigenvalue weighted by Crippen LogP contribution is 2.28. The molecule has 17 heavy (non-hydrogen) atoms. The molecule has 0 spiro atoms. The maximum Gasteiger partial charge on any atom is 0.143 e. The standard InChI is InChI=1S/C12H16N4S/c1-8-4-5-10(13)11(6-8)17-7-12-15-14-9(2)16(12)3/h4-6H,7,13H2,1-3H3. The van der Waals surface area contributed by atoms with Gasteiger partial charge in [-0.1, -0.05) is 6.07 Å². The number of nitrogens with two attached hydrogens (primary N) is 1. The number of rotatable bonds is 3. The molecule has 0 unspecified atom stereocenters. The highest BCUT2D eigenvalue weighted by molar-refractivity contribution is 7.98. The quantitative estimate of drug-likeness (QED) is 0.669. The maximum absolute atomic E-state index is 5.93. The molecule has 0 amide bonds. The zero-order valence-electron chi connectivity index (χ0n) is 10.3. The van der Waals surface area contributed by atoms with Crippen LogP contribution in [0.4, 0.5) is 5.69 Å². The molecular weight excluding hydrogens is 232 g/mol. The van der Waals surface area contributed by atoms with Crippen LogP contribution in [0.25, 0.3) is 0 Å². The summed E-state index contributed by atoms with van der Waals surface area (Å²) in [7, 11) is 1.98. The Labute approximate surface area is 105 Å². The van der Waals surface area contributed by atoms with Crippen molar-refractivity contribution in [1.82, 2.24) is 14.8 Å². The van der Waals surface area contributed by atoms with Gasteiger partial charge in [-0.25, -0.2) is 0 Å². The molecule has 1 aromatic carbocycles. The molecule has 1 heterocycles. The van der Waals surface area contributed by atoms with Gasteiger partial charge in [-0.3, -0.25) is 0 Å². The Hall–Kier alpha value is -1.49. The summed E-state index contributed by atoms with van der Waals surface area (Å²) in [5.74, 6) is 2.68. The molecule has 2 rings (SSSR count). The Morgan fingerprint density at radius 1 is 1.29 bits per heavy atom. The van der Waals surface area contributed by atoms with Gasteiger partial charge in [0.15, 0.2) is 0 Å². The van der Waals surface area contributed by atoms with Crippen LogP contribution in [-0.4, -0.2) is 14.8 Å². The zero-order chi connectivity index (χ0) is 12.4. The van der Waals surface area contributed by atoms with Gasteiger partial charge in [-0.05, 0) is 31.5 Å². The average Bonchev–Trinajstić information content (AvgIpc) is 2.62. The highest BCUT2D eigenvalue weighted by atomic mass is 32.2. The summed E-state index contributed by atoms with van der Waals surface area (Å²) in [6, 6.07) is 6.06. The van der Waals surface area contributed by atoms with E-state index in [0.717, 1.165) is 28.0 Å². The van der Waals surface area contributed by atoms with E-state index in [-0.39, 0.29) is 0 Å². The molecule has 0 fully saturated rings. The number of benzene rings is 1. The minimum Gasteiger partial charge on any atom is -0.398 e. The summed E-state index contributed by atoms with van der Waals surface area (Å²) in [6.45, 7) is 4.01. The lowest BCUT2D eigenvalue weighted by Crippen LogP contribution is -1.98. The number of thioether (sulfide) groups is 1. The van der Waals surface area contributed by atoms with Gasteiger partial charge < -0.3 is 10.3 Å². The van der Waals surface area contributed by atoms with Crippen LogP contribution in [0.2, 0.25) is 0 Å². The van der Waals surface area contributed by atoms with Crippen molar-refractivity contribution >= 4 is 17.4 Å². The topological polar surface area (TPSA) is 56.7 Å². The van der Waals surface area contributed by atoms with Crippen molar-refractivity contribution in [1.29, 1.82) is 0 Å². The fraction of sp³-hybridized carbons (Fsp3) is 0.333. The second-order valence-electron chi connectivity index (χ2n) is 4.05. The lowest BCUT2D eigenvalue weighted by Gasteiger charge is -2.06. The number of aryl methyl sites for hydroxylation is 2. The monoisotopic (exact) mass is 248 g/mol. The number of nitrogen functional groups attached to an aromatic ring is 1. The van der Waals surface area contributed by atoms with E-state index in [1.807, 2.05) is 30.7 Å². The third-order valence-corrected chi connectivity index (χ3v) is 3.78. The van der Waals surface area contributed by atoms with Crippen molar-refractivity contribution in [2.45, 2.75) is 24.5 Å². The molecule has 4 nitrogen and oxygen atoms in total. The van der Waals surface area contributed by atoms with Crippen LogP contribution in [0.15, 0.2) is 23.1 Å². The molecule has 0 saturated heterocycles. The molecule has 1 aromatic heterocycles. The SMILES string of the molecule is Cc1ccc(N)c(SCc2nnc(C)n2C)c1. The van der Waals surface area contributed by atoms with Gasteiger partial charge in [0.25, 0.3) is 0 Å². The average molecular weight is 248 g/mol.